The molecule has 0 amide bonds. The van der Waals surface area contributed by atoms with Crippen molar-refractivity contribution in [3.05, 3.63) is 11.6 Å². The van der Waals surface area contributed by atoms with E-state index >= 15 is 0 Å². The van der Waals surface area contributed by atoms with E-state index in [1.54, 1.807) is 0 Å². The molecule has 0 bridgehead atoms. The number of rotatable bonds is 4. The molecule has 0 N–H and O–H groups in total. The molecule has 0 aromatic rings. The highest BCUT2D eigenvalue weighted by molar-refractivity contribution is 5.90. The van der Waals surface area contributed by atoms with E-state index < -0.39 is 0 Å². The van der Waals surface area contributed by atoms with Crippen LogP contribution in [0.15, 0.2) is 11.6 Å². The van der Waals surface area contributed by atoms with Gasteiger partial charge in [0, 0.05) is 5.57 Å². The summed E-state index contributed by atoms with van der Waals surface area (Å²) in [5.41, 5.74) is 0.878. The zero-order valence-electron chi connectivity index (χ0n) is 7.80. The molecule has 0 aliphatic carbocycles. The molecule has 2 heteroatoms. The van der Waals surface area contributed by atoms with Crippen LogP contribution in [0.3, 0.4) is 0 Å². The molecule has 0 saturated carbocycles. The van der Waals surface area contributed by atoms with Crippen molar-refractivity contribution in [1.29, 1.82) is 0 Å². The monoisotopic (exact) mass is 168 g/mol. The lowest BCUT2D eigenvalue weighted by atomic mass is 10.1. The van der Waals surface area contributed by atoms with Gasteiger partial charge in [-0.05, 0) is 25.3 Å². The number of carbonyl (C=O) groups excluding carboxylic acids is 1. The van der Waals surface area contributed by atoms with Crippen LogP contribution in [0.4, 0.5) is 0 Å². The van der Waals surface area contributed by atoms with E-state index in [4.69, 9.17) is 4.74 Å². The van der Waals surface area contributed by atoms with Crippen LogP contribution in [-0.4, -0.2) is 12.1 Å². The fourth-order valence-electron chi connectivity index (χ4n) is 1.29. The predicted octanol–water partition coefficient (Wildman–Crippen LogP) is 2.44. The minimum absolute atomic E-state index is 0.0457. The van der Waals surface area contributed by atoms with Crippen molar-refractivity contribution >= 4 is 5.97 Å². The van der Waals surface area contributed by atoms with Crippen molar-refractivity contribution in [2.24, 2.45) is 0 Å². The molecule has 12 heavy (non-hydrogen) atoms. The zero-order chi connectivity index (χ0) is 8.97. The van der Waals surface area contributed by atoms with Crippen molar-refractivity contribution < 1.29 is 9.53 Å². The Morgan fingerprint density at radius 3 is 2.75 bits per heavy atom. The Hall–Kier alpha value is -0.790. The van der Waals surface area contributed by atoms with Crippen LogP contribution in [0.2, 0.25) is 0 Å². The number of ether oxygens (including phenoxy) is 1. The van der Waals surface area contributed by atoms with Crippen LogP contribution in [0, 0.1) is 0 Å². The molecule has 1 rings (SSSR count). The Kier molecular flexibility index (Phi) is 3.32. The normalized spacial score (nSPS) is 22.3. The average Bonchev–Trinajstić information content (AvgIpc) is 2.43. The summed E-state index contributed by atoms with van der Waals surface area (Å²) < 4.78 is 5.09. The minimum Gasteiger partial charge on any atom is -0.455 e. The van der Waals surface area contributed by atoms with Gasteiger partial charge in [-0.25, -0.2) is 4.79 Å². The number of carbonyl (C=O) groups is 1. The molecule has 2 nitrogen and oxygen atoms in total. The van der Waals surface area contributed by atoms with Gasteiger partial charge < -0.3 is 4.74 Å². The first-order valence-electron chi connectivity index (χ1n) is 4.69. The molecular formula is C10H16O2. The maximum atomic E-state index is 11.2. The summed E-state index contributed by atoms with van der Waals surface area (Å²) in [7, 11) is 0. The van der Waals surface area contributed by atoms with Gasteiger partial charge in [-0.1, -0.05) is 20.3 Å². The largest absolute Gasteiger partial charge is 0.455 e. The number of hydrogen-bond donors (Lipinski definition) is 0. The maximum Gasteiger partial charge on any atom is 0.334 e. The Balaban J connectivity index is 2.45. The summed E-state index contributed by atoms with van der Waals surface area (Å²) in [5.74, 6) is -0.102. The van der Waals surface area contributed by atoms with E-state index in [0.717, 1.165) is 31.3 Å². The highest BCUT2D eigenvalue weighted by atomic mass is 16.5. The quantitative estimate of drug-likeness (QED) is 0.603. The van der Waals surface area contributed by atoms with Crippen LogP contribution in [0.25, 0.3) is 0 Å². The van der Waals surface area contributed by atoms with Crippen LogP contribution >= 0.6 is 0 Å². The van der Waals surface area contributed by atoms with Crippen LogP contribution in [-0.2, 0) is 9.53 Å². The molecule has 1 aliphatic rings. The molecule has 0 aromatic heterocycles. The summed E-state index contributed by atoms with van der Waals surface area (Å²) >= 11 is 0. The maximum absolute atomic E-state index is 11.2. The van der Waals surface area contributed by atoms with Crippen LogP contribution in [0.5, 0.6) is 0 Å². The molecule has 0 fully saturated rings. The topological polar surface area (TPSA) is 26.3 Å². The SMILES string of the molecule is CCCCC1=CC(CC)OC1=O. The highest BCUT2D eigenvalue weighted by Gasteiger charge is 2.22. The zero-order valence-corrected chi connectivity index (χ0v) is 7.80. The molecule has 0 aromatic carbocycles. The first-order valence-corrected chi connectivity index (χ1v) is 4.69. The lowest BCUT2D eigenvalue weighted by Crippen LogP contribution is -2.06. The fraction of sp³-hybridized carbons (Fsp3) is 0.700. The lowest BCUT2D eigenvalue weighted by molar-refractivity contribution is -0.139. The molecule has 1 aliphatic heterocycles. The second kappa shape index (κ2) is 4.29. The lowest BCUT2D eigenvalue weighted by Gasteiger charge is -2.01. The van der Waals surface area contributed by atoms with Crippen LogP contribution in [0.1, 0.15) is 39.5 Å². The van der Waals surface area contributed by atoms with E-state index in [2.05, 4.69) is 6.92 Å². The Morgan fingerprint density at radius 1 is 1.50 bits per heavy atom. The molecular weight excluding hydrogens is 152 g/mol. The van der Waals surface area contributed by atoms with Gasteiger partial charge in [0.05, 0.1) is 0 Å². The van der Waals surface area contributed by atoms with Crippen molar-refractivity contribution in [2.45, 2.75) is 45.6 Å². The van der Waals surface area contributed by atoms with Gasteiger partial charge in [-0.3, -0.25) is 0 Å². The van der Waals surface area contributed by atoms with Gasteiger partial charge >= 0.3 is 5.97 Å². The molecule has 0 saturated heterocycles. The third-order valence-electron chi connectivity index (χ3n) is 2.11. The highest BCUT2D eigenvalue weighted by Crippen LogP contribution is 2.20. The number of hydrogen-bond acceptors (Lipinski definition) is 2. The van der Waals surface area contributed by atoms with Crippen molar-refractivity contribution in [3.63, 3.8) is 0 Å². The third kappa shape index (κ3) is 2.10. The average molecular weight is 168 g/mol. The van der Waals surface area contributed by atoms with Crippen molar-refractivity contribution in [2.75, 3.05) is 0 Å². The second-order valence-corrected chi connectivity index (χ2v) is 3.15. The molecule has 1 unspecified atom stereocenters. The predicted molar refractivity (Wildman–Crippen MR) is 47.8 cm³/mol. The minimum atomic E-state index is -0.102. The van der Waals surface area contributed by atoms with Gasteiger partial charge in [0.15, 0.2) is 0 Å². The van der Waals surface area contributed by atoms with E-state index in [9.17, 15) is 4.79 Å². The first kappa shape index (κ1) is 9.30. The molecule has 0 radical (unpaired) electrons. The number of esters is 1. The van der Waals surface area contributed by atoms with Gasteiger partial charge in [-0.2, -0.15) is 0 Å². The summed E-state index contributed by atoms with van der Waals surface area (Å²) in [5, 5.41) is 0. The number of cyclic esters (lactones) is 1. The summed E-state index contributed by atoms with van der Waals surface area (Å²) in [6.07, 6.45) is 5.99. The summed E-state index contributed by atoms with van der Waals surface area (Å²) in [6.45, 7) is 4.15. The van der Waals surface area contributed by atoms with Crippen LogP contribution < -0.4 is 0 Å². The third-order valence-corrected chi connectivity index (χ3v) is 2.11. The summed E-state index contributed by atoms with van der Waals surface area (Å²) in [4.78, 5) is 11.2. The van der Waals surface area contributed by atoms with E-state index in [1.807, 2.05) is 13.0 Å². The van der Waals surface area contributed by atoms with E-state index in [1.165, 1.54) is 0 Å². The number of unbranched alkanes of at least 4 members (excludes halogenated alkanes) is 1. The van der Waals surface area contributed by atoms with Gasteiger partial charge in [0.2, 0.25) is 0 Å². The summed E-state index contributed by atoms with van der Waals surface area (Å²) in [6, 6.07) is 0. The molecule has 0 spiro atoms. The van der Waals surface area contributed by atoms with Crippen molar-refractivity contribution in [3.8, 4) is 0 Å². The Bertz CT molecular complexity index is 194. The second-order valence-electron chi connectivity index (χ2n) is 3.15. The smallest absolute Gasteiger partial charge is 0.334 e. The van der Waals surface area contributed by atoms with Crippen molar-refractivity contribution in [1.82, 2.24) is 0 Å². The van der Waals surface area contributed by atoms with Gasteiger partial charge in [0.25, 0.3) is 0 Å². The van der Waals surface area contributed by atoms with Gasteiger partial charge in [-0.15, -0.1) is 0 Å². The molecule has 68 valence electrons. The Morgan fingerprint density at radius 2 is 2.25 bits per heavy atom. The Labute approximate surface area is 73.6 Å². The fourth-order valence-corrected chi connectivity index (χ4v) is 1.29. The van der Waals surface area contributed by atoms with Gasteiger partial charge in [0.1, 0.15) is 6.10 Å². The van der Waals surface area contributed by atoms with E-state index in [0.29, 0.717) is 0 Å². The standard InChI is InChI=1S/C10H16O2/c1-3-5-6-8-7-9(4-2)12-10(8)11/h7,9H,3-6H2,1-2H3. The van der Waals surface area contributed by atoms with E-state index in [-0.39, 0.29) is 12.1 Å². The molecule has 1 atom stereocenters. The molecule has 1 heterocycles. The first-order chi connectivity index (χ1) is 5.77.